The number of H-pyrrole nitrogens is 1. The SMILES string of the molecule is CN(C(=O)Oc1[nH]nc2c1-c1ccccc1CC2)c1ccccc1-c1ccc(Cl)cc1. The smallest absolute Gasteiger partial charge is 0.391 e. The monoisotopic (exact) mass is 429 g/mol. The van der Waals surface area contributed by atoms with Gasteiger partial charge in [0.05, 0.1) is 16.9 Å². The van der Waals surface area contributed by atoms with E-state index < -0.39 is 6.09 Å². The fourth-order valence-electron chi connectivity index (χ4n) is 4.02. The zero-order valence-electron chi connectivity index (χ0n) is 16.9. The summed E-state index contributed by atoms with van der Waals surface area (Å²) in [6.07, 6.45) is 1.25. The quantitative estimate of drug-likeness (QED) is 0.426. The molecule has 1 aliphatic rings. The third-order valence-electron chi connectivity index (χ3n) is 5.61. The number of aromatic amines is 1. The molecular weight excluding hydrogens is 410 g/mol. The first-order valence-electron chi connectivity index (χ1n) is 10.1. The Hall–Kier alpha value is -3.57. The number of nitrogens with one attached hydrogen (secondary N) is 1. The van der Waals surface area contributed by atoms with Crippen molar-refractivity contribution in [1.82, 2.24) is 10.2 Å². The Labute approximate surface area is 185 Å². The molecule has 0 saturated carbocycles. The van der Waals surface area contributed by atoms with E-state index in [-0.39, 0.29) is 0 Å². The van der Waals surface area contributed by atoms with Gasteiger partial charge in [-0.3, -0.25) is 4.90 Å². The van der Waals surface area contributed by atoms with Gasteiger partial charge >= 0.3 is 6.09 Å². The molecule has 1 aromatic heterocycles. The standard InChI is InChI=1S/C25H20ClN3O2/c1-29(22-9-5-4-7-19(22)17-10-13-18(26)14-11-17)25(30)31-24-23-20-8-3-2-6-16(20)12-15-21(23)27-28-24/h2-11,13-14H,12,15H2,1H3,(H,27,28). The van der Waals surface area contributed by atoms with Crippen LogP contribution in [0.1, 0.15) is 11.3 Å². The number of aromatic nitrogens is 2. The van der Waals surface area contributed by atoms with Gasteiger partial charge in [-0.1, -0.05) is 66.2 Å². The van der Waals surface area contributed by atoms with E-state index in [9.17, 15) is 4.79 Å². The Morgan fingerprint density at radius 3 is 2.48 bits per heavy atom. The topological polar surface area (TPSA) is 58.2 Å². The molecule has 1 amide bonds. The highest BCUT2D eigenvalue weighted by atomic mass is 35.5. The number of carbonyl (C=O) groups excluding carboxylic acids is 1. The minimum Gasteiger partial charge on any atom is -0.391 e. The van der Waals surface area contributed by atoms with Gasteiger partial charge in [-0.05, 0) is 47.7 Å². The molecule has 5 nitrogen and oxygen atoms in total. The van der Waals surface area contributed by atoms with Gasteiger partial charge < -0.3 is 4.74 Å². The van der Waals surface area contributed by atoms with Gasteiger partial charge in [0.15, 0.2) is 0 Å². The van der Waals surface area contributed by atoms with Gasteiger partial charge in [-0.15, -0.1) is 0 Å². The Morgan fingerprint density at radius 2 is 1.68 bits per heavy atom. The van der Waals surface area contributed by atoms with Crippen LogP contribution in [0.3, 0.4) is 0 Å². The molecule has 0 aliphatic heterocycles. The summed E-state index contributed by atoms with van der Waals surface area (Å²) in [6.45, 7) is 0. The molecule has 0 spiro atoms. The maximum atomic E-state index is 13.1. The van der Waals surface area contributed by atoms with Crippen molar-refractivity contribution in [2.45, 2.75) is 12.8 Å². The Morgan fingerprint density at radius 1 is 0.968 bits per heavy atom. The summed E-state index contributed by atoms with van der Waals surface area (Å²) in [4.78, 5) is 14.6. The molecule has 0 unspecified atom stereocenters. The molecule has 1 aliphatic carbocycles. The molecule has 4 aromatic rings. The van der Waals surface area contributed by atoms with E-state index in [1.165, 1.54) is 10.5 Å². The molecule has 5 rings (SSSR count). The average molecular weight is 430 g/mol. The third-order valence-corrected chi connectivity index (χ3v) is 5.86. The van der Waals surface area contributed by atoms with Crippen molar-refractivity contribution < 1.29 is 9.53 Å². The summed E-state index contributed by atoms with van der Waals surface area (Å²) in [7, 11) is 1.70. The molecule has 1 heterocycles. The number of aryl methyl sites for hydroxylation is 2. The molecule has 0 bridgehead atoms. The summed E-state index contributed by atoms with van der Waals surface area (Å²) >= 11 is 6.03. The summed E-state index contributed by atoms with van der Waals surface area (Å²) in [5, 5.41) is 7.96. The predicted octanol–water partition coefficient (Wildman–Crippen LogP) is 6.13. The number of nitrogens with zero attached hydrogens (tertiary/aromatic N) is 2. The number of hydrogen-bond donors (Lipinski definition) is 1. The normalized spacial score (nSPS) is 12.1. The number of ether oxygens (including phenoxy) is 1. The second kappa shape index (κ2) is 7.93. The molecule has 0 saturated heterocycles. The summed E-state index contributed by atoms with van der Waals surface area (Å²) in [5.74, 6) is 0.378. The average Bonchev–Trinajstić information content (AvgIpc) is 3.22. The van der Waals surface area contributed by atoms with Gasteiger partial charge in [0.25, 0.3) is 0 Å². The number of amides is 1. The number of fused-ring (bicyclic) bond motifs is 3. The molecule has 154 valence electrons. The molecule has 3 aromatic carbocycles. The number of benzene rings is 3. The van der Waals surface area contributed by atoms with Crippen LogP contribution in [-0.4, -0.2) is 23.3 Å². The van der Waals surface area contributed by atoms with Crippen LogP contribution in [0.25, 0.3) is 22.3 Å². The van der Waals surface area contributed by atoms with Crippen molar-refractivity contribution >= 4 is 23.4 Å². The lowest BCUT2D eigenvalue weighted by Gasteiger charge is -2.21. The number of hydrogen-bond acceptors (Lipinski definition) is 3. The van der Waals surface area contributed by atoms with Crippen molar-refractivity contribution in [3.63, 3.8) is 0 Å². The Balaban J connectivity index is 1.45. The van der Waals surface area contributed by atoms with Crippen LogP contribution < -0.4 is 9.64 Å². The Bertz CT molecular complexity index is 1260. The van der Waals surface area contributed by atoms with E-state index in [1.807, 2.05) is 66.7 Å². The van der Waals surface area contributed by atoms with Crippen LogP contribution in [0.4, 0.5) is 10.5 Å². The van der Waals surface area contributed by atoms with Gasteiger partial charge in [0, 0.05) is 17.6 Å². The predicted molar refractivity (Wildman–Crippen MR) is 123 cm³/mol. The largest absolute Gasteiger partial charge is 0.420 e. The van der Waals surface area contributed by atoms with E-state index in [2.05, 4.69) is 16.3 Å². The van der Waals surface area contributed by atoms with E-state index >= 15 is 0 Å². The number of halogens is 1. The number of carbonyl (C=O) groups is 1. The molecule has 0 atom stereocenters. The minimum atomic E-state index is -0.490. The first-order chi connectivity index (χ1) is 15.1. The lowest BCUT2D eigenvalue weighted by molar-refractivity contribution is 0.207. The van der Waals surface area contributed by atoms with Gasteiger partial charge in [-0.2, -0.15) is 5.10 Å². The lowest BCUT2D eigenvalue weighted by Crippen LogP contribution is -2.30. The number of rotatable bonds is 3. The van der Waals surface area contributed by atoms with E-state index in [1.54, 1.807) is 7.05 Å². The number of para-hydroxylation sites is 1. The third kappa shape index (κ3) is 3.57. The van der Waals surface area contributed by atoms with Crippen LogP contribution in [0.2, 0.25) is 5.02 Å². The van der Waals surface area contributed by atoms with Crippen molar-refractivity contribution in [3.8, 4) is 28.1 Å². The Kier molecular flexibility index (Phi) is 4.96. The summed E-state index contributed by atoms with van der Waals surface area (Å²) in [5.41, 5.74) is 6.70. The fraction of sp³-hybridized carbons (Fsp3) is 0.120. The second-order valence-electron chi connectivity index (χ2n) is 7.48. The summed E-state index contributed by atoms with van der Waals surface area (Å²) < 4.78 is 5.78. The van der Waals surface area contributed by atoms with Gasteiger partial charge in [0.1, 0.15) is 0 Å². The van der Waals surface area contributed by atoms with Crippen molar-refractivity contribution in [2.24, 2.45) is 0 Å². The van der Waals surface area contributed by atoms with E-state index in [4.69, 9.17) is 16.3 Å². The molecule has 0 fully saturated rings. The zero-order valence-corrected chi connectivity index (χ0v) is 17.7. The van der Waals surface area contributed by atoms with E-state index in [0.29, 0.717) is 10.9 Å². The minimum absolute atomic E-state index is 0.378. The second-order valence-corrected chi connectivity index (χ2v) is 7.92. The van der Waals surface area contributed by atoms with Gasteiger partial charge in [-0.25, -0.2) is 9.89 Å². The van der Waals surface area contributed by atoms with E-state index in [0.717, 1.165) is 46.5 Å². The highest BCUT2D eigenvalue weighted by Crippen LogP contribution is 2.39. The van der Waals surface area contributed by atoms with Crippen molar-refractivity contribution in [2.75, 3.05) is 11.9 Å². The highest BCUT2D eigenvalue weighted by molar-refractivity contribution is 6.30. The van der Waals surface area contributed by atoms with Crippen LogP contribution in [-0.2, 0) is 12.8 Å². The van der Waals surface area contributed by atoms with Gasteiger partial charge in [0.2, 0.25) is 5.88 Å². The van der Waals surface area contributed by atoms with Crippen LogP contribution >= 0.6 is 11.6 Å². The molecular formula is C25H20ClN3O2. The molecule has 6 heteroatoms. The fourth-order valence-corrected chi connectivity index (χ4v) is 4.15. The van der Waals surface area contributed by atoms with Crippen LogP contribution in [0.5, 0.6) is 5.88 Å². The van der Waals surface area contributed by atoms with Crippen molar-refractivity contribution in [3.05, 3.63) is 89.1 Å². The van der Waals surface area contributed by atoms with Crippen molar-refractivity contribution in [1.29, 1.82) is 0 Å². The molecule has 0 radical (unpaired) electrons. The zero-order chi connectivity index (χ0) is 21.4. The van der Waals surface area contributed by atoms with Crippen LogP contribution in [0.15, 0.2) is 72.8 Å². The maximum absolute atomic E-state index is 13.1. The first kappa shape index (κ1) is 19.4. The maximum Gasteiger partial charge on any atom is 0.420 e. The molecule has 31 heavy (non-hydrogen) atoms. The van der Waals surface area contributed by atoms with Crippen LogP contribution in [0, 0.1) is 0 Å². The molecule has 1 N–H and O–H groups in total. The first-order valence-corrected chi connectivity index (χ1v) is 10.5. The lowest BCUT2D eigenvalue weighted by atomic mass is 9.90. The number of anilines is 1. The summed E-state index contributed by atoms with van der Waals surface area (Å²) in [6, 6.07) is 23.4. The highest BCUT2D eigenvalue weighted by Gasteiger charge is 2.26.